The number of aromatic nitrogens is 1. The molecule has 4 aromatic rings. The zero-order chi connectivity index (χ0) is 16.4. The number of benzene rings is 3. The summed E-state index contributed by atoms with van der Waals surface area (Å²) in [4.78, 5) is 8.89. The van der Waals surface area contributed by atoms with Crippen molar-refractivity contribution < 1.29 is 9.52 Å². The molecule has 1 aromatic heterocycles. The number of rotatable bonds is 3. The maximum absolute atomic E-state index is 9.77. The van der Waals surface area contributed by atoms with Crippen LogP contribution < -0.4 is 0 Å². The molecule has 0 spiro atoms. The number of oxazole rings is 1. The standard InChI is InChI=1S/C20H14N2O2/c23-18-9-5-4-8-15(18)13-21-16-10-11-17-19(12-16)24-20(22-17)14-6-2-1-3-7-14/h1-13,23H. The topological polar surface area (TPSA) is 58.6 Å². The molecule has 0 unspecified atom stereocenters. The number of hydrogen-bond acceptors (Lipinski definition) is 4. The van der Waals surface area contributed by atoms with E-state index < -0.39 is 0 Å². The molecule has 1 heterocycles. The summed E-state index contributed by atoms with van der Waals surface area (Å²) in [5.74, 6) is 0.792. The van der Waals surface area contributed by atoms with E-state index in [1.54, 1.807) is 24.4 Å². The van der Waals surface area contributed by atoms with Crippen molar-refractivity contribution in [2.75, 3.05) is 0 Å². The number of phenolic OH excluding ortho intramolecular Hbond substituents is 1. The molecule has 0 aliphatic rings. The first-order valence-corrected chi connectivity index (χ1v) is 7.58. The van der Waals surface area contributed by atoms with Crippen molar-refractivity contribution in [3.63, 3.8) is 0 Å². The molecule has 0 amide bonds. The Morgan fingerprint density at radius 1 is 0.917 bits per heavy atom. The maximum Gasteiger partial charge on any atom is 0.227 e. The predicted molar refractivity (Wildman–Crippen MR) is 94.8 cm³/mol. The molecule has 1 N–H and O–H groups in total. The third-order valence-electron chi connectivity index (χ3n) is 3.68. The summed E-state index contributed by atoms with van der Waals surface area (Å²) in [5, 5.41) is 9.77. The van der Waals surface area contributed by atoms with Crippen LogP contribution in [0.1, 0.15) is 5.56 Å². The predicted octanol–water partition coefficient (Wildman–Crippen LogP) is 4.95. The molecule has 0 saturated carbocycles. The highest BCUT2D eigenvalue weighted by Gasteiger charge is 2.08. The SMILES string of the molecule is Oc1ccccc1C=Nc1ccc2nc(-c3ccccc3)oc2c1. The molecule has 4 heteroatoms. The van der Waals surface area contributed by atoms with Crippen LogP contribution in [0.3, 0.4) is 0 Å². The van der Waals surface area contributed by atoms with E-state index in [-0.39, 0.29) is 5.75 Å². The minimum absolute atomic E-state index is 0.202. The van der Waals surface area contributed by atoms with E-state index in [1.165, 1.54) is 0 Å². The molecule has 0 radical (unpaired) electrons. The minimum atomic E-state index is 0.202. The Hall–Kier alpha value is -3.40. The second-order valence-electron chi connectivity index (χ2n) is 5.35. The average molecular weight is 314 g/mol. The van der Waals surface area contributed by atoms with E-state index >= 15 is 0 Å². The lowest BCUT2D eigenvalue weighted by molar-refractivity contribution is 0.474. The van der Waals surface area contributed by atoms with Gasteiger partial charge in [0.25, 0.3) is 0 Å². The third kappa shape index (κ3) is 2.77. The lowest BCUT2D eigenvalue weighted by Gasteiger charge is -1.97. The quantitative estimate of drug-likeness (QED) is 0.544. The van der Waals surface area contributed by atoms with E-state index in [0.717, 1.165) is 16.8 Å². The summed E-state index contributed by atoms with van der Waals surface area (Å²) in [5.41, 5.74) is 3.81. The monoisotopic (exact) mass is 314 g/mol. The van der Waals surface area contributed by atoms with Gasteiger partial charge in [0, 0.05) is 23.4 Å². The zero-order valence-corrected chi connectivity index (χ0v) is 12.8. The Morgan fingerprint density at radius 3 is 2.54 bits per heavy atom. The first kappa shape index (κ1) is 14.2. The van der Waals surface area contributed by atoms with E-state index in [0.29, 0.717) is 17.0 Å². The van der Waals surface area contributed by atoms with Crippen molar-refractivity contribution in [2.45, 2.75) is 0 Å². The highest BCUT2D eigenvalue weighted by molar-refractivity contribution is 5.86. The highest BCUT2D eigenvalue weighted by Crippen LogP contribution is 2.27. The Bertz CT molecular complexity index is 1020. The number of aliphatic imine (C=N–C) groups is 1. The molecular formula is C20H14N2O2. The van der Waals surface area contributed by atoms with Gasteiger partial charge in [0.05, 0.1) is 5.69 Å². The van der Waals surface area contributed by atoms with Gasteiger partial charge in [0.15, 0.2) is 5.58 Å². The lowest BCUT2D eigenvalue weighted by Crippen LogP contribution is -1.80. The molecule has 4 nitrogen and oxygen atoms in total. The second-order valence-corrected chi connectivity index (χ2v) is 5.35. The average Bonchev–Trinajstić information content (AvgIpc) is 3.05. The van der Waals surface area contributed by atoms with Crippen molar-refractivity contribution in [3.8, 4) is 17.2 Å². The second kappa shape index (κ2) is 6.01. The Kier molecular flexibility index (Phi) is 3.56. The van der Waals surface area contributed by atoms with Crippen LogP contribution >= 0.6 is 0 Å². The van der Waals surface area contributed by atoms with Crippen LogP contribution in [0, 0.1) is 0 Å². The fraction of sp³-hybridized carbons (Fsp3) is 0. The van der Waals surface area contributed by atoms with Crippen LogP contribution in [0.5, 0.6) is 5.75 Å². The fourth-order valence-electron chi connectivity index (χ4n) is 2.44. The van der Waals surface area contributed by atoms with E-state index in [4.69, 9.17) is 4.42 Å². The number of nitrogens with zero attached hydrogens (tertiary/aromatic N) is 2. The van der Waals surface area contributed by atoms with Gasteiger partial charge in [-0.1, -0.05) is 30.3 Å². The third-order valence-corrected chi connectivity index (χ3v) is 3.68. The summed E-state index contributed by atoms with van der Waals surface area (Å²) in [6.45, 7) is 0. The summed E-state index contributed by atoms with van der Waals surface area (Å²) in [6.07, 6.45) is 1.63. The normalized spacial score (nSPS) is 11.3. The minimum Gasteiger partial charge on any atom is -0.507 e. The lowest BCUT2D eigenvalue weighted by atomic mass is 10.2. The Morgan fingerprint density at radius 2 is 1.71 bits per heavy atom. The van der Waals surface area contributed by atoms with Gasteiger partial charge >= 0.3 is 0 Å². The van der Waals surface area contributed by atoms with Crippen LogP contribution in [0.25, 0.3) is 22.6 Å². The van der Waals surface area contributed by atoms with Crippen molar-refractivity contribution in [1.29, 1.82) is 0 Å². The zero-order valence-electron chi connectivity index (χ0n) is 12.8. The number of aromatic hydroxyl groups is 1. The summed E-state index contributed by atoms with van der Waals surface area (Å²) < 4.78 is 5.84. The van der Waals surface area contributed by atoms with Gasteiger partial charge in [0.1, 0.15) is 11.3 Å². The Labute approximate surface area is 138 Å². The smallest absolute Gasteiger partial charge is 0.227 e. The molecule has 0 fully saturated rings. The molecule has 116 valence electrons. The first-order valence-electron chi connectivity index (χ1n) is 7.58. The van der Waals surface area contributed by atoms with Gasteiger partial charge < -0.3 is 9.52 Å². The van der Waals surface area contributed by atoms with Crippen LogP contribution in [0.4, 0.5) is 5.69 Å². The van der Waals surface area contributed by atoms with Gasteiger partial charge in [-0.05, 0) is 36.4 Å². The number of para-hydroxylation sites is 1. The summed E-state index contributed by atoms with van der Waals surface area (Å²) >= 11 is 0. The van der Waals surface area contributed by atoms with Crippen molar-refractivity contribution >= 4 is 23.0 Å². The van der Waals surface area contributed by atoms with Crippen molar-refractivity contribution in [3.05, 3.63) is 78.4 Å². The van der Waals surface area contributed by atoms with Crippen molar-refractivity contribution in [1.82, 2.24) is 4.98 Å². The molecule has 0 aliphatic carbocycles. The molecule has 0 bridgehead atoms. The van der Waals surface area contributed by atoms with Gasteiger partial charge in [-0.3, -0.25) is 4.99 Å². The van der Waals surface area contributed by atoms with Crippen LogP contribution in [0.15, 0.2) is 82.2 Å². The van der Waals surface area contributed by atoms with Crippen molar-refractivity contribution in [2.24, 2.45) is 4.99 Å². The summed E-state index contributed by atoms with van der Waals surface area (Å²) in [7, 11) is 0. The van der Waals surface area contributed by atoms with Gasteiger partial charge in [-0.2, -0.15) is 0 Å². The van der Waals surface area contributed by atoms with Gasteiger partial charge in [-0.25, -0.2) is 4.98 Å². The highest BCUT2D eigenvalue weighted by atomic mass is 16.3. The summed E-state index contributed by atoms with van der Waals surface area (Å²) in [6, 6.07) is 22.4. The first-order chi connectivity index (χ1) is 11.8. The molecule has 0 atom stereocenters. The van der Waals surface area contributed by atoms with Crippen LogP contribution in [0.2, 0.25) is 0 Å². The molecular weight excluding hydrogens is 300 g/mol. The Balaban J connectivity index is 1.67. The van der Waals surface area contributed by atoms with Gasteiger partial charge in [0.2, 0.25) is 5.89 Å². The number of hydrogen-bond donors (Lipinski definition) is 1. The fourth-order valence-corrected chi connectivity index (χ4v) is 2.44. The van der Waals surface area contributed by atoms with E-state index in [9.17, 15) is 5.11 Å². The van der Waals surface area contributed by atoms with Crippen LogP contribution in [-0.2, 0) is 0 Å². The number of fused-ring (bicyclic) bond motifs is 1. The molecule has 4 rings (SSSR count). The number of phenols is 1. The molecule has 0 aliphatic heterocycles. The van der Waals surface area contributed by atoms with E-state index in [2.05, 4.69) is 9.98 Å². The molecule has 24 heavy (non-hydrogen) atoms. The largest absolute Gasteiger partial charge is 0.507 e. The van der Waals surface area contributed by atoms with E-state index in [1.807, 2.05) is 54.6 Å². The maximum atomic E-state index is 9.77. The molecule has 3 aromatic carbocycles. The molecule has 0 saturated heterocycles. The van der Waals surface area contributed by atoms with Crippen LogP contribution in [-0.4, -0.2) is 16.3 Å². The van der Waals surface area contributed by atoms with Gasteiger partial charge in [-0.15, -0.1) is 0 Å².